The molecule has 3 N–H and O–H groups in total. The van der Waals surface area contributed by atoms with Gasteiger partial charge in [-0.1, -0.05) is 0 Å². The lowest BCUT2D eigenvalue weighted by Gasteiger charge is -2.09. The van der Waals surface area contributed by atoms with Gasteiger partial charge in [-0.15, -0.1) is 10.2 Å². The summed E-state index contributed by atoms with van der Waals surface area (Å²) in [5.41, 5.74) is -2.10. The van der Waals surface area contributed by atoms with Crippen molar-refractivity contribution in [2.45, 2.75) is 12.3 Å². The lowest BCUT2D eigenvalue weighted by molar-refractivity contribution is -0.137. The van der Waals surface area contributed by atoms with E-state index in [-0.39, 0.29) is 22.5 Å². The normalized spacial score (nSPS) is 13.1. The van der Waals surface area contributed by atoms with E-state index in [1.807, 2.05) is 0 Å². The molecule has 2 heterocycles. The predicted molar refractivity (Wildman–Crippen MR) is 71.9 cm³/mol. The molecule has 2 aromatic heterocycles. The van der Waals surface area contributed by atoms with Crippen LogP contribution in [0.25, 0.3) is 16.7 Å². The van der Waals surface area contributed by atoms with Gasteiger partial charge >= 0.3 is 13.8 Å². The van der Waals surface area contributed by atoms with Gasteiger partial charge in [-0.2, -0.15) is 13.2 Å². The van der Waals surface area contributed by atoms with Crippen LogP contribution in [0.4, 0.5) is 13.2 Å². The molecule has 122 valence electrons. The van der Waals surface area contributed by atoms with Crippen molar-refractivity contribution in [1.29, 1.82) is 0 Å². The molecule has 23 heavy (non-hydrogen) atoms. The minimum atomic E-state index is -4.60. The predicted octanol–water partition coefficient (Wildman–Crippen LogP) is 1.27. The van der Waals surface area contributed by atoms with Crippen molar-refractivity contribution in [3.8, 4) is 0 Å². The van der Waals surface area contributed by atoms with Crippen molar-refractivity contribution in [3.05, 3.63) is 39.9 Å². The second-order valence-corrected chi connectivity index (χ2v) is 6.43. The van der Waals surface area contributed by atoms with Gasteiger partial charge in [0.05, 0.1) is 16.6 Å². The standard InChI is InChI=1S/C11H8F3N4O4P/c12-11(13,14)5-1-2-7-6(3-5)15-10(19)9-17-16-8(18(7)9)4-23(20,21)22/h1-3H,4H2,(H,15,19)(H2,20,21,22). The van der Waals surface area contributed by atoms with Crippen LogP contribution in [-0.4, -0.2) is 29.4 Å². The van der Waals surface area contributed by atoms with Crippen LogP contribution in [0.2, 0.25) is 0 Å². The van der Waals surface area contributed by atoms with Gasteiger partial charge in [-0.3, -0.25) is 13.8 Å². The van der Waals surface area contributed by atoms with Crippen LogP contribution in [0, 0.1) is 0 Å². The van der Waals surface area contributed by atoms with Gasteiger partial charge in [0, 0.05) is 0 Å². The van der Waals surface area contributed by atoms with Gasteiger partial charge in [0.25, 0.3) is 5.56 Å². The Hall–Kier alpha value is -2.23. The molecule has 0 amide bonds. The molecule has 3 rings (SSSR count). The first kappa shape index (κ1) is 15.7. The van der Waals surface area contributed by atoms with E-state index in [0.717, 1.165) is 22.6 Å². The molecule has 0 atom stereocenters. The second kappa shape index (κ2) is 4.88. The van der Waals surface area contributed by atoms with E-state index in [1.165, 1.54) is 0 Å². The zero-order valence-electron chi connectivity index (χ0n) is 11.1. The van der Waals surface area contributed by atoms with Gasteiger partial charge in [0.1, 0.15) is 12.0 Å². The highest BCUT2D eigenvalue weighted by Crippen LogP contribution is 2.39. The van der Waals surface area contributed by atoms with Gasteiger partial charge in [0.15, 0.2) is 0 Å². The molecule has 0 aliphatic rings. The van der Waals surface area contributed by atoms with Crippen molar-refractivity contribution in [2.24, 2.45) is 0 Å². The van der Waals surface area contributed by atoms with Crippen LogP contribution in [0.3, 0.4) is 0 Å². The molecule has 0 bridgehead atoms. The summed E-state index contributed by atoms with van der Waals surface area (Å²) < 4.78 is 50.4. The molecule has 0 unspecified atom stereocenters. The first-order chi connectivity index (χ1) is 10.6. The third-order valence-electron chi connectivity index (χ3n) is 3.09. The number of alkyl halides is 3. The summed E-state index contributed by atoms with van der Waals surface area (Å²) in [7, 11) is -4.50. The lowest BCUT2D eigenvalue weighted by atomic mass is 10.2. The van der Waals surface area contributed by atoms with Crippen LogP contribution in [0.5, 0.6) is 0 Å². The Morgan fingerprint density at radius 3 is 2.57 bits per heavy atom. The fourth-order valence-electron chi connectivity index (χ4n) is 2.19. The van der Waals surface area contributed by atoms with E-state index in [0.29, 0.717) is 0 Å². The average Bonchev–Trinajstić information content (AvgIpc) is 2.80. The molecular formula is C11H8F3N4O4P. The van der Waals surface area contributed by atoms with E-state index in [9.17, 15) is 22.5 Å². The highest BCUT2D eigenvalue weighted by Gasteiger charge is 2.31. The number of benzene rings is 1. The molecule has 0 saturated carbocycles. The Kier molecular flexibility index (Phi) is 3.32. The molecule has 8 nitrogen and oxygen atoms in total. The number of hydrogen-bond acceptors (Lipinski definition) is 4. The maximum Gasteiger partial charge on any atom is 0.416 e. The molecule has 0 aliphatic carbocycles. The molecule has 0 aliphatic heterocycles. The van der Waals surface area contributed by atoms with Crippen LogP contribution in [-0.2, 0) is 16.9 Å². The van der Waals surface area contributed by atoms with Crippen LogP contribution in [0.1, 0.15) is 11.4 Å². The van der Waals surface area contributed by atoms with Crippen molar-refractivity contribution in [1.82, 2.24) is 19.6 Å². The number of rotatable bonds is 2. The largest absolute Gasteiger partial charge is 0.416 e. The van der Waals surface area contributed by atoms with Crippen molar-refractivity contribution in [2.75, 3.05) is 0 Å². The number of nitrogens with zero attached hydrogens (tertiary/aromatic N) is 3. The third-order valence-corrected chi connectivity index (χ3v) is 3.79. The Morgan fingerprint density at radius 1 is 1.26 bits per heavy atom. The molecule has 3 aromatic rings. The van der Waals surface area contributed by atoms with E-state index in [4.69, 9.17) is 9.79 Å². The van der Waals surface area contributed by atoms with Gasteiger partial charge < -0.3 is 14.8 Å². The van der Waals surface area contributed by atoms with Gasteiger partial charge in [0.2, 0.25) is 5.65 Å². The highest BCUT2D eigenvalue weighted by atomic mass is 31.2. The summed E-state index contributed by atoms with van der Waals surface area (Å²) in [6, 6.07) is 2.60. The van der Waals surface area contributed by atoms with Crippen molar-refractivity contribution in [3.63, 3.8) is 0 Å². The van der Waals surface area contributed by atoms with Crippen molar-refractivity contribution < 1.29 is 27.5 Å². The average molecular weight is 348 g/mol. The minimum Gasteiger partial charge on any atom is -0.324 e. The smallest absolute Gasteiger partial charge is 0.324 e. The Labute approximate surface area is 124 Å². The summed E-state index contributed by atoms with van der Waals surface area (Å²) in [4.78, 5) is 32.2. The van der Waals surface area contributed by atoms with Gasteiger partial charge in [-0.05, 0) is 18.2 Å². The van der Waals surface area contributed by atoms with Crippen LogP contribution in [0.15, 0.2) is 23.0 Å². The van der Waals surface area contributed by atoms with Crippen LogP contribution < -0.4 is 5.56 Å². The molecule has 0 radical (unpaired) electrons. The summed E-state index contributed by atoms with van der Waals surface area (Å²) in [6.07, 6.45) is -5.39. The summed E-state index contributed by atoms with van der Waals surface area (Å²) >= 11 is 0. The van der Waals surface area contributed by atoms with Crippen LogP contribution >= 0.6 is 7.60 Å². The van der Waals surface area contributed by atoms with E-state index < -0.39 is 31.1 Å². The number of hydrogen-bond donors (Lipinski definition) is 3. The second-order valence-electron chi connectivity index (χ2n) is 4.78. The zero-order valence-corrected chi connectivity index (χ0v) is 12.0. The molecule has 12 heteroatoms. The number of nitrogens with one attached hydrogen (secondary N) is 1. The fourth-order valence-corrected chi connectivity index (χ4v) is 2.76. The quantitative estimate of drug-likeness (QED) is 0.600. The number of H-pyrrole nitrogens is 1. The molecule has 0 spiro atoms. The van der Waals surface area contributed by atoms with E-state index in [2.05, 4.69) is 15.2 Å². The zero-order chi connectivity index (χ0) is 17.0. The lowest BCUT2D eigenvalue weighted by Crippen LogP contribution is -2.13. The number of halogens is 3. The van der Waals surface area contributed by atoms with E-state index in [1.54, 1.807) is 0 Å². The number of aromatic nitrogens is 4. The monoisotopic (exact) mass is 348 g/mol. The maximum atomic E-state index is 12.7. The Morgan fingerprint density at radius 2 is 1.96 bits per heavy atom. The SMILES string of the molecule is O=c1[nH]c2cc(C(F)(F)F)ccc2n2c(CP(=O)(O)O)nnc12. The maximum absolute atomic E-state index is 12.7. The Bertz CT molecular complexity index is 1020. The van der Waals surface area contributed by atoms with E-state index >= 15 is 0 Å². The van der Waals surface area contributed by atoms with Gasteiger partial charge in [-0.25, -0.2) is 0 Å². The number of fused-ring (bicyclic) bond motifs is 3. The molecule has 1 aromatic carbocycles. The highest BCUT2D eigenvalue weighted by molar-refractivity contribution is 7.50. The third kappa shape index (κ3) is 2.85. The first-order valence-electron chi connectivity index (χ1n) is 6.08. The van der Waals surface area contributed by atoms with Crippen molar-refractivity contribution >= 4 is 24.3 Å². The fraction of sp³-hybridized carbons (Fsp3) is 0.182. The summed E-state index contributed by atoms with van der Waals surface area (Å²) in [5, 5.41) is 7.07. The Balaban J connectivity index is 2.35. The number of aromatic amines is 1. The topological polar surface area (TPSA) is 121 Å². The molecular weight excluding hydrogens is 340 g/mol. The minimum absolute atomic E-state index is 0.0982. The summed E-state index contributed by atoms with van der Waals surface area (Å²) in [6.45, 7) is 0. The first-order valence-corrected chi connectivity index (χ1v) is 7.88. The summed E-state index contributed by atoms with van der Waals surface area (Å²) in [5.74, 6) is -0.218. The molecule has 0 fully saturated rings. The molecule has 0 saturated heterocycles.